The molecule has 1 aliphatic carbocycles. The summed E-state index contributed by atoms with van der Waals surface area (Å²) in [4.78, 5) is 22.5. The van der Waals surface area contributed by atoms with Crippen LogP contribution in [0.4, 0.5) is 5.95 Å². The molecule has 0 bridgehead atoms. The predicted octanol–water partition coefficient (Wildman–Crippen LogP) is 2.25. The summed E-state index contributed by atoms with van der Waals surface area (Å²) in [6.45, 7) is 2.80. The molecular formula is C20H24N4O. The van der Waals surface area contributed by atoms with Crippen molar-refractivity contribution in [3.63, 3.8) is 0 Å². The third-order valence-corrected chi connectivity index (χ3v) is 6.25. The largest absolute Gasteiger partial charge is 0.342 e. The van der Waals surface area contributed by atoms with Crippen molar-refractivity contribution in [2.45, 2.75) is 50.6 Å². The van der Waals surface area contributed by atoms with Crippen molar-refractivity contribution in [2.24, 2.45) is 0 Å². The summed E-state index contributed by atoms with van der Waals surface area (Å²) < 4.78 is 0. The molecule has 0 amide bonds. The van der Waals surface area contributed by atoms with Gasteiger partial charge >= 0.3 is 0 Å². The molecule has 0 unspecified atom stereocenters. The number of hydrogen-bond donors (Lipinski definition) is 2. The van der Waals surface area contributed by atoms with E-state index in [-0.39, 0.29) is 11.1 Å². The van der Waals surface area contributed by atoms with E-state index >= 15 is 0 Å². The molecule has 0 atom stereocenters. The Hall–Kier alpha value is -2.14. The van der Waals surface area contributed by atoms with Crippen LogP contribution in [-0.4, -0.2) is 23.1 Å². The van der Waals surface area contributed by atoms with Gasteiger partial charge in [0.15, 0.2) is 0 Å². The number of benzene rings is 1. The van der Waals surface area contributed by atoms with Crippen molar-refractivity contribution in [3.05, 3.63) is 57.0 Å². The zero-order chi connectivity index (χ0) is 16.9. The van der Waals surface area contributed by atoms with Gasteiger partial charge in [-0.05, 0) is 49.7 Å². The first kappa shape index (κ1) is 15.1. The van der Waals surface area contributed by atoms with Gasteiger partial charge < -0.3 is 10.2 Å². The van der Waals surface area contributed by atoms with Crippen molar-refractivity contribution in [3.8, 4) is 0 Å². The van der Waals surface area contributed by atoms with Crippen LogP contribution in [0.5, 0.6) is 0 Å². The fourth-order valence-corrected chi connectivity index (χ4v) is 4.79. The van der Waals surface area contributed by atoms with Crippen LogP contribution in [0.1, 0.15) is 48.1 Å². The first-order valence-electron chi connectivity index (χ1n) is 9.46. The maximum Gasteiger partial charge on any atom is 0.255 e. The van der Waals surface area contributed by atoms with E-state index in [0.29, 0.717) is 0 Å². The number of aryl methyl sites for hydroxylation is 1. The minimum Gasteiger partial charge on any atom is -0.342 e. The van der Waals surface area contributed by atoms with E-state index in [2.05, 4.69) is 39.5 Å². The van der Waals surface area contributed by atoms with Crippen LogP contribution in [0, 0.1) is 0 Å². The molecule has 3 heterocycles. The number of H-pyrrole nitrogens is 1. The number of rotatable bonds is 1. The summed E-state index contributed by atoms with van der Waals surface area (Å²) in [5.41, 5.74) is 4.99. The highest BCUT2D eigenvalue weighted by molar-refractivity contribution is 5.41. The fraction of sp³-hybridized carbons (Fsp3) is 0.500. The summed E-state index contributed by atoms with van der Waals surface area (Å²) in [6, 6.07) is 8.76. The number of nitrogens with zero attached hydrogens (tertiary/aromatic N) is 2. The number of nitrogens with one attached hydrogen (secondary N) is 2. The number of anilines is 1. The molecule has 5 nitrogen and oxygen atoms in total. The lowest BCUT2D eigenvalue weighted by Crippen LogP contribution is -2.48. The van der Waals surface area contributed by atoms with Crippen molar-refractivity contribution in [1.82, 2.24) is 15.3 Å². The number of aromatic amines is 1. The number of hydrogen-bond acceptors (Lipinski definition) is 4. The van der Waals surface area contributed by atoms with Gasteiger partial charge in [-0.15, -0.1) is 0 Å². The predicted molar refractivity (Wildman–Crippen MR) is 97.9 cm³/mol. The monoisotopic (exact) mass is 336 g/mol. The molecule has 2 aliphatic heterocycles. The molecule has 1 aromatic heterocycles. The molecule has 130 valence electrons. The maximum absolute atomic E-state index is 12.4. The van der Waals surface area contributed by atoms with Crippen LogP contribution in [0.25, 0.3) is 0 Å². The van der Waals surface area contributed by atoms with Gasteiger partial charge in [-0.3, -0.25) is 9.78 Å². The summed E-state index contributed by atoms with van der Waals surface area (Å²) in [6.07, 6.45) is 6.16. The quantitative estimate of drug-likeness (QED) is 0.838. The highest BCUT2D eigenvalue weighted by atomic mass is 16.1. The molecule has 1 saturated heterocycles. The molecule has 1 spiro atoms. The Morgan fingerprint density at radius 2 is 1.88 bits per heavy atom. The second-order valence-corrected chi connectivity index (χ2v) is 7.60. The standard InChI is InChI=1S/C20H24N4O/c25-18-15-6-2-4-8-17(15)22-19(23-18)24-11-9-20(10-12-24)16-7-3-1-5-14(16)13-21-20/h1,3,5,7,21H,2,4,6,8-13H2,(H,22,23,25). The molecule has 5 heteroatoms. The zero-order valence-corrected chi connectivity index (χ0v) is 14.5. The molecule has 1 fully saturated rings. The lowest BCUT2D eigenvalue weighted by atomic mass is 9.82. The molecule has 2 N–H and O–H groups in total. The summed E-state index contributed by atoms with van der Waals surface area (Å²) in [5.74, 6) is 0.770. The minimum atomic E-state index is 0.0734. The van der Waals surface area contributed by atoms with Gasteiger partial charge in [0.1, 0.15) is 0 Å². The lowest BCUT2D eigenvalue weighted by Gasteiger charge is -2.40. The van der Waals surface area contributed by atoms with Crippen molar-refractivity contribution < 1.29 is 0 Å². The van der Waals surface area contributed by atoms with E-state index in [1.165, 1.54) is 11.1 Å². The molecular weight excluding hydrogens is 312 g/mol. The second-order valence-electron chi connectivity index (χ2n) is 7.60. The van der Waals surface area contributed by atoms with Gasteiger partial charge in [-0.2, -0.15) is 0 Å². The van der Waals surface area contributed by atoms with Gasteiger partial charge in [0.05, 0.1) is 5.69 Å². The Labute approximate surface area is 147 Å². The third kappa shape index (κ3) is 2.41. The lowest BCUT2D eigenvalue weighted by molar-refractivity contribution is 0.283. The Balaban J connectivity index is 1.40. The van der Waals surface area contributed by atoms with E-state index < -0.39 is 0 Å². The summed E-state index contributed by atoms with van der Waals surface area (Å²) in [5, 5.41) is 3.75. The Morgan fingerprint density at radius 1 is 1.08 bits per heavy atom. The first-order chi connectivity index (χ1) is 12.3. The Morgan fingerprint density at radius 3 is 2.76 bits per heavy atom. The topological polar surface area (TPSA) is 61.0 Å². The van der Waals surface area contributed by atoms with Crippen LogP contribution in [0.15, 0.2) is 29.1 Å². The molecule has 0 saturated carbocycles. The number of aromatic nitrogens is 2. The minimum absolute atomic E-state index is 0.0734. The first-order valence-corrected chi connectivity index (χ1v) is 9.46. The van der Waals surface area contributed by atoms with Gasteiger partial charge in [0, 0.05) is 30.7 Å². The van der Waals surface area contributed by atoms with Crippen molar-refractivity contribution in [2.75, 3.05) is 18.0 Å². The van der Waals surface area contributed by atoms with Crippen LogP contribution < -0.4 is 15.8 Å². The van der Waals surface area contributed by atoms with Gasteiger partial charge in [0.25, 0.3) is 5.56 Å². The van der Waals surface area contributed by atoms with Gasteiger partial charge in [-0.1, -0.05) is 24.3 Å². The number of piperidine rings is 1. The maximum atomic E-state index is 12.4. The van der Waals surface area contributed by atoms with Crippen molar-refractivity contribution >= 4 is 5.95 Å². The number of fused-ring (bicyclic) bond motifs is 3. The zero-order valence-electron chi connectivity index (χ0n) is 14.5. The molecule has 1 aromatic carbocycles. The molecule has 2 aromatic rings. The van der Waals surface area contributed by atoms with E-state index in [1.807, 2.05) is 0 Å². The highest BCUT2D eigenvalue weighted by Crippen LogP contribution is 2.39. The van der Waals surface area contributed by atoms with Crippen molar-refractivity contribution in [1.29, 1.82) is 0 Å². The fourth-order valence-electron chi connectivity index (χ4n) is 4.79. The normalized spacial score (nSPS) is 21.2. The average molecular weight is 336 g/mol. The van der Waals surface area contributed by atoms with Crippen LogP contribution >= 0.6 is 0 Å². The Kier molecular flexibility index (Phi) is 3.45. The summed E-state index contributed by atoms with van der Waals surface area (Å²) in [7, 11) is 0. The van der Waals surface area contributed by atoms with Gasteiger partial charge in [0.2, 0.25) is 5.95 Å². The third-order valence-electron chi connectivity index (χ3n) is 6.25. The average Bonchev–Trinajstić information content (AvgIpc) is 3.01. The molecule has 25 heavy (non-hydrogen) atoms. The summed E-state index contributed by atoms with van der Waals surface area (Å²) >= 11 is 0. The highest BCUT2D eigenvalue weighted by Gasteiger charge is 2.41. The second kappa shape index (κ2) is 5.70. The smallest absolute Gasteiger partial charge is 0.255 e. The molecule has 5 rings (SSSR count). The van der Waals surface area contributed by atoms with E-state index in [4.69, 9.17) is 4.98 Å². The van der Waals surface area contributed by atoms with Crippen LogP contribution in [0.2, 0.25) is 0 Å². The van der Waals surface area contributed by atoms with Crippen LogP contribution in [0.3, 0.4) is 0 Å². The van der Waals surface area contributed by atoms with Crippen LogP contribution in [-0.2, 0) is 24.9 Å². The van der Waals surface area contributed by atoms with E-state index in [1.54, 1.807) is 0 Å². The van der Waals surface area contributed by atoms with Gasteiger partial charge in [-0.25, -0.2) is 4.98 Å². The molecule has 3 aliphatic rings. The van der Waals surface area contributed by atoms with E-state index in [9.17, 15) is 4.79 Å². The SMILES string of the molecule is O=c1[nH]c(N2CCC3(CC2)NCc2ccccc23)nc2c1CCCC2. The van der Waals surface area contributed by atoms with E-state index in [0.717, 1.165) is 75.4 Å². The Bertz CT molecular complexity index is 864. The molecule has 0 radical (unpaired) electrons.